The van der Waals surface area contributed by atoms with Crippen LogP contribution in [-0.4, -0.2) is 63.4 Å². The largest absolute Gasteiger partial charge is 0.478 e. The van der Waals surface area contributed by atoms with Crippen molar-refractivity contribution >= 4 is 47.1 Å². The molecule has 0 radical (unpaired) electrons. The maximum Gasteiger partial charge on any atom is 0.333 e. The Bertz CT molecular complexity index is 557. The van der Waals surface area contributed by atoms with Crippen LogP contribution in [-0.2, 0) is 27.6 Å². The zero-order chi connectivity index (χ0) is 21.9. The molecule has 27 heavy (non-hydrogen) atoms. The number of rotatable bonds is 10. The van der Waals surface area contributed by atoms with Gasteiger partial charge in [-0.1, -0.05) is 0 Å². The number of esters is 1. The van der Waals surface area contributed by atoms with Crippen LogP contribution in [0.25, 0.3) is 0 Å². The van der Waals surface area contributed by atoms with Crippen LogP contribution in [0.1, 0.15) is 6.92 Å². The molecule has 7 nitrogen and oxygen atoms in total. The minimum absolute atomic E-state index is 0.278. The lowest BCUT2D eigenvalue weighted by Gasteiger charge is -2.51. The van der Waals surface area contributed by atoms with Gasteiger partial charge in [0.25, 0.3) is 0 Å². The lowest BCUT2D eigenvalue weighted by molar-refractivity contribution is -0.283. The minimum atomic E-state index is -2.18. The molecule has 0 aliphatic heterocycles. The zero-order valence-electron chi connectivity index (χ0n) is 18.6. The number of carboxylic acid groups (broad SMARTS) is 1. The van der Waals surface area contributed by atoms with E-state index in [0.717, 1.165) is 12.2 Å². The molecular weight excluding hydrogens is 417 g/mol. The second kappa shape index (κ2) is 8.84. The van der Waals surface area contributed by atoms with Crippen molar-refractivity contribution < 1.29 is 32.7 Å². The first kappa shape index (κ1) is 26.4. The van der Waals surface area contributed by atoms with Crippen molar-refractivity contribution in [1.82, 2.24) is 0 Å². The van der Waals surface area contributed by atoms with Crippen LogP contribution >= 0.6 is 0 Å². The van der Waals surface area contributed by atoms with Gasteiger partial charge in [-0.15, -0.1) is 0 Å². The topological polar surface area (TPSA) is 91.3 Å². The number of ether oxygens (including phenoxy) is 1. The molecule has 1 N–H and O–H groups in total. The molecule has 0 heterocycles. The predicted molar refractivity (Wildman–Crippen MR) is 117 cm³/mol. The van der Waals surface area contributed by atoms with Crippen molar-refractivity contribution in [3.05, 3.63) is 12.2 Å². The third-order valence-electron chi connectivity index (χ3n) is 2.99. The van der Waals surface area contributed by atoms with Gasteiger partial charge in [0.05, 0.1) is 10.2 Å². The highest BCUT2D eigenvalue weighted by atomic mass is 28.4. The third-order valence-corrected chi connectivity index (χ3v) is 7.72. The van der Waals surface area contributed by atoms with Crippen molar-refractivity contribution in [2.24, 2.45) is 0 Å². The number of hydrogen-bond acceptors (Lipinski definition) is 6. The van der Waals surface area contributed by atoms with Gasteiger partial charge in [-0.05, 0) is 65.8 Å². The summed E-state index contributed by atoms with van der Waals surface area (Å²) >= 11 is 0. The molecule has 158 valence electrons. The second-order valence-electron chi connectivity index (χ2n) is 9.63. The molecule has 0 aliphatic carbocycles. The van der Waals surface area contributed by atoms with Gasteiger partial charge in [0.15, 0.2) is 25.0 Å². The summed E-state index contributed by atoms with van der Waals surface area (Å²) in [6, 6.07) is 0. The van der Waals surface area contributed by atoms with Gasteiger partial charge in [-0.2, -0.15) is 0 Å². The monoisotopic (exact) mass is 452 g/mol. The standard InChI is InChI=1S/C16H36O7Si4/c1-15(21-25(2,3)4,22-26(5,6)7)16(24,23-27(8,9)10)20-14(19)12-11-13(17)18/h11-12H,1-10,24H3,(H,17,18). The average Bonchev–Trinajstić information content (AvgIpc) is 2.28. The molecule has 0 amide bonds. The van der Waals surface area contributed by atoms with E-state index in [4.69, 9.17) is 23.1 Å². The van der Waals surface area contributed by atoms with E-state index >= 15 is 0 Å². The highest BCUT2D eigenvalue weighted by Gasteiger charge is 2.56. The maximum atomic E-state index is 12.3. The van der Waals surface area contributed by atoms with E-state index < -0.39 is 48.1 Å². The van der Waals surface area contributed by atoms with Crippen LogP contribution in [0, 0.1) is 0 Å². The molecule has 1 unspecified atom stereocenters. The van der Waals surface area contributed by atoms with Crippen LogP contribution in [0.4, 0.5) is 0 Å². The molecule has 0 aromatic carbocycles. The van der Waals surface area contributed by atoms with E-state index in [1.807, 2.05) is 58.9 Å². The Balaban J connectivity index is 6.19. The van der Waals surface area contributed by atoms with Crippen molar-refractivity contribution in [3.8, 4) is 0 Å². The highest BCUT2D eigenvalue weighted by molar-refractivity contribution is 6.71. The van der Waals surface area contributed by atoms with Gasteiger partial charge < -0.3 is 23.1 Å². The highest BCUT2D eigenvalue weighted by Crippen LogP contribution is 2.37. The molecule has 0 spiro atoms. The Hall–Kier alpha value is -0.572. The van der Waals surface area contributed by atoms with E-state index in [9.17, 15) is 9.59 Å². The number of carboxylic acids is 1. The van der Waals surface area contributed by atoms with Crippen LogP contribution in [0.5, 0.6) is 0 Å². The molecule has 0 saturated carbocycles. The van der Waals surface area contributed by atoms with Crippen LogP contribution in [0.15, 0.2) is 12.2 Å². The fourth-order valence-electron chi connectivity index (χ4n) is 2.53. The normalized spacial score (nSPS) is 16.4. The van der Waals surface area contributed by atoms with Gasteiger partial charge >= 0.3 is 11.9 Å². The van der Waals surface area contributed by atoms with Gasteiger partial charge in [-0.25, -0.2) is 9.59 Å². The lowest BCUT2D eigenvalue weighted by atomic mass is 10.3. The molecule has 0 aromatic heterocycles. The number of carbonyl (C=O) groups excluding carboxylic acids is 1. The summed E-state index contributed by atoms with van der Waals surface area (Å²) in [5.41, 5.74) is -1.40. The van der Waals surface area contributed by atoms with E-state index in [1.165, 1.54) is 0 Å². The molecule has 0 bridgehead atoms. The SMILES string of the molecule is CC(O[Si](C)(C)C)(O[Si](C)(C)C)C([SiH3])(OC(=O)C=CC(=O)O)O[Si](C)(C)C. The van der Waals surface area contributed by atoms with Crippen molar-refractivity contribution in [1.29, 1.82) is 0 Å². The summed E-state index contributed by atoms with van der Waals surface area (Å²) in [4.78, 5) is 23.0. The third kappa shape index (κ3) is 10.5. The molecule has 0 aliphatic rings. The molecule has 0 aromatic rings. The Morgan fingerprint density at radius 1 is 0.815 bits per heavy atom. The quantitative estimate of drug-likeness (QED) is 0.236. The molecule has 0 saturated heterocycles. The summed E-state index contributed by atoms with van der Waals surface area (Å²) in [6.45, 7) is 19.9. The van der Waals surface area contributed by atoms with E-state index in [0.29, 0.717) is 0 Å². The fourth-order valence-corrected chi connectivity index (χ4v) is 9.45. The molecule has 1 atom stereocenters. The molecule has 0 rings (SSSR count). The number of carbonyl (C=O) groups is 2. The first-order valence-corrected chi connectivity index (χ1v) is 20.2. The van der Waals surface area contributed by atoms with E-state index in [-0.39, 0.29) is 10.2 Å². The second-order valence-corrected chi connectivity index (χ2v) is 24.2. The van der Waals surface area contributed by atoms with Crippen LogP contribution in [0.2, 0.25) is 58.9 Å². The summed E-state index contributed by atoms with van der Waals surface area (Å²) in [5.74, 6) is -3.30. The average molecular weight is 453 g/mol. The molecule has 0 fully saturated rings. The predicted octanol–water partition coefficient (Wildman–Crippen LogP) is 2.46. The van der Waals surface area contributed by atoms with Gasteiger partial charge in [0.1, 0.15) is 0 Å². The summed E-state index contributed by atoms with van der Waals surface area (Å²) < 4.78 is 24.8. The maximum absolute atomic E-state index is 12.3. The number of hydrogen-bond donors (Lipinski definition) is 1. The Morgan fingerprint density at radius 2 is 1.19 bits per heavy atom. The Morgan fingerprint density at radius 3 is 1.48 bits per heavy atom. The molecular formula is C16H36O7Si4. The van der Waals surface area contributed by atoms with E-state index in [1.54, 1.807) is 6.92 Å². The summed E-state index contributed by atoms with van der Waals surface area (Å²) in [5, 5.41) is 8.76. The van der Waals surface area contributed by atoms with E-state index in [2.05, 4.69) is 0 Å². The smallest absolute Gasteiger partial charge is 0.333 e. The van der Waals surface area contributed by atoms with Crippen LogP contribution < -0.4 is 0 Å². The van der Waals surface area contributed by atoms with Gasteiger partial charge in [0.2, 0.25) is 11.2 Å². The minimum Gasteiger partial charge on any atom is -0.478 e. The fraction of sp³-hybridized carbons (Fsp3) is 0.750. The first-order chi connectivity index (χ1) is 11.7. The van der Waals surface area contributed by atoms with Crippen molar-refractivity contribution in [2.75, 3.05) is 0 Å². The number of aliphatic carboxylic acids is 1. The first-order valence-electron chi connectivity index (χ1n) is 8.93. The lowest BCUT2D eigenvalue weighted by Crippen LogP contribution is -2.67. The Labute approximate surface area is 169 Å². The zero-order valence-corrected chi connectivity index (χ0v) is 23.6. The van der Waals surface area contributed by atoms with Crippen molar-refractivity contribution in [3.63, 3.8) is 0 Å². The van der Waals surface area contributed by atoms with Gasteiger partial charge in [-0.3, -0.25) is 0 Å². The van der Waals surface area contributed by atoms with Gasteiger partial charge in [0, 0.05) is 12.2 Å². The summed E-state index contributed by atoms with van der Waals surface area (Å²) in [6.07, 6.45) is 1.63. The van der Waals surface area contributed by atoms with Crippen molar-refractivity contribution in [2.45, 2.75) is 77.0 Å². The summed E-state index contributed by atoms with van der Waals surface area (Å²) in [7, 11) is -6.13. The molecule has 11 heteroatoms. The van der Waals surface area contributed by atoms with Crippen LogP contribution in [0.3, 0.4) is 0 Å². The Kier molecular flexibility index (Phi) is 8.65.